The van der Waals surface area contributed by atoms with Gasteiger partial charge in [0.25, 0.3) is 0 Å². The Balaban J connectivity index is 0.000000133. The van der Waals surface area contributed by atoms with Crippen molar-refractivity contribution in [1.29, 1.82) is 0 Å². The Morgan fingerprint density at radius 3 is 1.05 bits per heavy atom. The number of aliphatic imine (C=N–C) groups is 2. The van der Waals surface area contributed by atoms with Gasteiger partial charge in [-0.25, -0.2) is 9.97 Å². The summed E-state index contributed by atoms with van der Waals surface area (Å²) in [6.07, 6.45) is 12.4. The molecule has 0 unspecified atom stereocenters. The Labute approximate surface area is 326 Å². The summed E-state index contributed by atoms with van der Waals surface area (Å²) in [4.78, 5) is 44.9. The van der Waals surface area contributed by atoms with E-state index in [1.54, 1.807) is 51.3 Å². The van der Waals surface area contributed by atoms with E-state index in [4.69, 9.17) is 9.97 Å². The first kappa shape index (κ1) is 37.6. The number of aryl methyl sites for hydroxylation is 2. The van der Waals surface area contributed by atoms with Gasteiger partial charge in [0.05, 0.1) is 66.3 Å². The van der Waals surface area contributed by atoms with Crippen molar-refractivity contribution < 1.29 is 0 Å². The largest absolute Gasteiger partial charge is 0.286 e. The molecule has 10 heteroatoms. The average Bonchev–Trinajstić information content (AvgIpc) is 3.26. The van der Waals surface area contributed by atoms with E-state index in [2.05, 4.69) is 102 Å². The monoisotopic (exact) mass is 736 g/mol. The van der Waals surface area contributed by atoms with Gasteiger partial charge in [-0.05, 0) is 65.5 Å². The number of benzene rings is 3. The third-order valence-electron chi connectivity index (χ3n) is 10.3. The molecular formula is C46H44N10. The molecule has 0 amide bonds. The van der Waals surface area contributed by atoms with Gasteiger partial charge < -0.3 is 0 Å². The van der Waals surface area contributed by atoms with Crippen LogP contribution < -0.4 is 21.4 Å². The molecule has 278 valence electrons. The molecular weight excluding hydrogens is 693 g/mol. The maximum Gasteiger partial charge on any atom is 0.0973 e. The minimum atomic E-state index is 0.910. The van der Waals surface area contributed by atoms with Crippen molar-refractivity contribution in [2.24, 2.45) is 9.98 Å². The predicted molar refractivity (Wildman–Crippen MR) is 228 cm³/mol. The van der Waals surface area contributed by atoms with Crippen LogP contribution in [0, 0.1) is 13.8 Å². The quantitative estimate of drug-likeness (QED) is 0.195. The van der Waals surface area contributed by atoms with Gasteiger partial charge >= 0.3 is 0 Å². The SMILES string of the molecule is CC1=c2nc(-c3ccccc3)c(-c3ccccc3)nc2=C(C)CC1.CN=C1C(=NC)C(C)=c2nccnc2=C1C.Cc1c2nccnc2c(C)c2nccnc12. The van der Waals surface area contributed by atoms with Crippen LogP contribution in [0.5, 0.6) is 0 Å². The summed E-state index contributed by atoms with van der Waals surface area (Å²) in [5, 5.41) is 3.95. The maximum atomic E-state index is 5.07. The molecule has 0 radical (unpaired) electrons. The standard InChI is InChI=1S/C22H20N2.C12H10N4.C12H14N4/c1-15-13-14-16(2)20-19(15)23-21(17-9-5-3-6-10-17)22(24-20)18-11-7-4-8-12-18;1-7-9-11(15-5-3-13-9)8(2)12-10(7)14-4-6-16-12;1-7-9(13-3)10(14-4)8(2)12-11(7)15-5-6-16-12/h3-12H,13-14H2,1-2H3;3-6H,1-2H3;5-6H,1-4H3. The predicted octanol–water partition coefficient (Wildman–Crippen LogP) is 6.11. The third-order valence-corrected chi connectivity index (χ3v) is 10.3. The molecule has 0 spiro atoms. The highest BCUT2D eigenvalue weighted by Crippen LogP contribution is 2.28. The minimum absolute atomic E-state index is 0.910. The smallest absolute Gasteiger partial charge is 0.0973 e. The molecule has 9 rings (SSSR count). The van der Waals surface area contributed by atoms with Crippen LogP contribution >= 0.6 is 0 Å². The second-order valence-electron chi connectivity index (χ2n) is 13.8. The molecule has 0 saturated carbocycles. The highest BCUT2D eigenvalue weighted by Gasteiger charge is 2.20. The zero-order valence-electron chi connectivity index (χ0n) is 33.1. The molecule has 0 fully saturated rings. The Bertz CT molecular complexity index is 2680. The van der Waals surface area contributed by atoms with Gasteiger partial charge in [0.15, 0.2) is 0 Å². The van der Waals surface area contributed by atoms with Crippen molar-refractivity contribution >= 4 is 55.8 Å². The van der Waals surface area contributed by atoms with Crippen molar-refractivity contribution in [1.82, 2.24) is 39.9 Å². The number of aromatic nitrogens is 8. The Hall–Kier alpha value is -6.68. The molecule has 0 N–H and O–H groups in total. The fraction of sp³-hybridized carbons (Fsp3) is 0.217. The van der Waals surface area contributed by atoms with Gasteiger partial charge in [-0.15, -0.1) is 0 Å². The summed E-state index contributed by atoms with van der Waals surface area (Å²) < 4.78 is 0. The number of hydrogen-bond donors (Lipinski definition) is 0. The first-order valence-electron chi connectivity index (χ1n) is 18.7. The fourth-order valence-corrected chi connectivity index (χ4v) is 7.25. The maximum absolute atomic E-state index is 5.07. The van der Waals surface area contributed by atoms with Crippen LogP contribution in [0.25, 0.3) is 66.9 Å². The topological polar surface area (TPSA) is 128 Å². The highest BCUT2D eigenvalue weighted by atomic mass is 14.8. The van der Waals surface area contributed by atoms with Crippen LogP contribution in [-0.2, 0) is 0 Å². The van der Waals surface area contributed by atoms with E-state index in [9.17, 15) is 0 Å². The molecule has 0 bridgehead atoms. The van der Waals surface area contributed by atoms with Crippen molar-refractivity contribution in [3.8, 4) is 22.5 Å². The number of nitrogens with zero attached hydrogens (tertiary/aromatic N) is 10. The number of rotatable bonds is 2. The average molecular weight is 737 g/mol. The lowest BCUT2D eigenvalue weighted by molar-refractivity contribution is 0.959. The van der Waals surface area contributed by atoms with Crippen LogP contribution in [0.2, 0.25) is 0 Å². The highest BCUT2D eigenvalue weighted by molar-refractivity contribution is 6.66. The first-order valence-corrected chi connectivity index (χ1v) is 18.7. The van der Waals surface area contributed by atoms with Crippen LogP contribution in [0.3, 0.4) is 0 Å². The number of hydrogen-bond acceptors (Lipinski definition) is 10. The fourth-order valence-electron chi connectivity index (χ4n) is 7.25. The van der Waals surface area contributed by atoms with Crippen LogP contribution in [0.15, 0.2) is 108 Å². The molecule has 10 nitrogen and oxygen atoms in total. The van der Waals surface area contributed by atoms with E-state index in [-0.39, 0.29) is 0 Å². The van der Waals surface area contributed by atoms with Crippen molar-refractivity contribution in [2.75, 3.05) is 14.1 Å². The van der Waals surface area contributed by atoms with Crippen molar-refractivity contribution in [3.05, 3.63) is 130 Å². The van der Waals surface area contributed by atoms with E-state index >= 15 is 0 Å². The number of fused-ring (bicyclic) bond motifs is 4. The van der Waals surface area contributed by atoms with E-state index in [0.717, 1.165) is 113 Å². The van der Waals surface area contributed by atoms with Gasteiger partial charge in [0.1, 0.15) is 0 Å². The summed E-state index contributed by atoms with van der Waals surface area (Å²) in [7, 11) is 3.55. The lowest BCUT2D eigenvalue weighted by Crippen LogP contribution is -2.43. The van der Waals surface area contributed by atoms with Crippen LogP contribution in [0.4, 0.5) is 0 Å². The molecule has 56 heavy (non-hydrogen) atoms. The van der Waals surface area contributed by atoms with Crippen molar-refractivity contribution in [3.63, 3.8) is 0 Å². The molecule has 0 saturated heterocycles. The van der Waals surface area contributed by atoms with Crippen molar-refractivity contribution in [2.45, 2.75) is 54.4 Å². The zero-order valence-corrected chi connectivity index (χ0v) is 33.1. The molecule has 2 aliphatic carbocycles. The second kappa shape index (κ2) is 16.4. The molecule has 0 atom stereocenters. The second-order valence-corrected chi connectivity index (χ2v) is 13.8. The molecule has 7 aromatic rings. The van der Waals surface area contributed by atoms with Gasteiger partial charge in [0, 0.05) is 84.7 Å². The molecule has 2 aliphatic rings. The van der Waals surface area contributed by atoms with Gasteiger partial charge in [-0.3, -0.25) is 39.9 Å². The van der Waals surface area contributed by atoms with E-state index < -0.39 is 0 Å². The lowest BCUT2D eigenvalue weighted by atomic mass is 9.96. The van der Waals surface area contributed by atoms with E-state index in [0.29, 0.717) is 0 Å². The minimum Gasteiger partial charge on any atom is -0.286 e. The Kier molecular flexibility index (Phi) is 11.0. The normalized spacial score (nSPS) is 14.9. The molecule has 4 heterocycles. The third kappa shape index (κ3) is 7.13. The van der Waals surface area contributed by atoms with Crippen LogP contribution in [-0.4, -0.2) is 65.4 Å². The molecule has 4 aromatic heterocycles. The lowest BCUT2D eigenvalue weighted by Gasteiger charge is -2.14. The summed E-state index contributed by atoms with van der Waals surface area (Å²) >= 11 is 0. The summed E-state index contributed by atoms with van der Waals surface area (Å²) in [5.74, 6) is 0. The van der Waals surface area contributed by atoms with Gasteiger partial charge in [0.2, 0.25) is 0 Å². The molecule has 3 aromatic carbocycles. The van der Waals surface area contributed by atoms with Crippen LogP contribution in [0.1, 0.15) is 51.7 Å². The Morgan fingerprint density at radius 1 is 0.411 bits per heavy atom. The van der Waals surface area contributed by atoms with E-state index in [1.807, 2.05) is 39.8 Å². The summed E-state index contributed by atoms with van der Waals surface area (Å²) in [6.45, 7) is 12.4. The summed E-state index contributed by atoms with van der Waals surface area (Å²) in [6, 6.07) is 20.7. The van der Waals surface area contributed by atoms with Gasteiger partial charge in [-0.1, -0.05) is 60.7 Å². The Morgan fingerprint density at radius 2 is 0.732 bits per heavy atom. The van der Waals surface area contributed by atoms with Gasteiger partial charge in [-0.2, -0.15) is 0 Å². The zero-order chi connectivity index (χ0) is 39.3. The van der Waals surface area contributed by atoms with E-state index in [1.165, 1.54) is 11.1 Å². The summed E-state index contributed by atoms with van der Waals surface area (Å²) in [5.41, 5.74) is 16.4. The molecule has 0 aliphatic heterocycles. The first-order chi connectivity index (χ1) is 27.2.